The quantitative estimate of drug-likeness (QED) is 0.194. The summed E-state index contributed by atoms with van der Waals surface area (Å²) in [5.74, 6) is 0.884. The number of hydrogen-bond acceptors (Lipinski definition) is 2. The number of hydrogen-bond donors (Lipinski definition) is 0. The molecule has 38 heavy (non-hydrogen) atoms. The van der Waals surface area contributed by atoms with Crippen molar-refractivity contribution in [1.82, 2.24) is 0 Å². The molecule has 6 rings (SSSR count). The molecule has 0 aliphatic heterocycles. The van der Waals surface area contributed by atoms with E-state index in [-0.39, 0.29) is 0 Å². The number of benzene rings is 4. The van der Waals surface area contributed by atoms with E-state index in [9.17, 15) is 0 Å². The lowest BCUT2D eigenvalue weighted by Crippen LogP contribution is -2.21. The third kappa shape index (κ3) is 4.79. The fraction of sp³-hybridized carbons (Fsp3) is 0.0588. The zero-order valence-electron chi connectivity index (χ0n) is 21.4. The molecule has 2 heterocycles. The highest BCUT2D eigenvalue weighted by molar-refractivity contribution is 8.41. The zero-order chi connectivity index (χ0) is 25.9. The molecule has 4 aromatic carbocycles. The molecule has 0 saturated carbocycles. The van der Waals surface area contributed by atoms with Crippen molar-refractivity contribution in [2.24, 2.45) is 0 Å². The first-order chi connectivity index (χ1) is 18.7. The maximum atomic E-state index is 6.25. The molecule has 0 spiro atoms. The molecular weight excluding hydrogens is 502 g/mol. The van der Waals surface area contributed by atoms with Gasteiger partial charge in [0.25, 0.3) is 0 Å². The predicted molar refractivity (Wildman–Crippen MR) is 163 cm³/mol. The minimum Gasteiger partial charge on any atom is -0.464 e. The van der Waals surface area contributed by atoms with E-state index in [1.807, 2.05) is 24.5 Å². The van der Waals surface area contributed by atoms with Gasteiger partial charge in [-0.15, -0.1) is 0 Å². The van der Waals surface area contributed by atoms with E-state index >= 15 is 0 Å². The molecule has 6 aromatic rings. The highest BCUT2D eigenvalue weighted by Gasteiger charge is 2.32. The van der Waals surface area contributed by atoms with Crippen molar-refractivity contribution in [2.45, 2.75) is 13.8 Å². The summed E-state index contributed by atoms with van der Waals surface area (Å²) in [5.41, 5.74) is 7.31. The van der Waals surface area contributed by atoms with Gasteiger partial charge in [-0.1, -0.05) is 97.1 Å². The summed E-state index contributed by atoms with van der Waals surface area (Å²) >= 11 is 0. The summed E-state index contributed by atoms with van der Waals surface area (Å²) in [4.78, 5) is 0. The fourth-order valence-corrected chi connectivity index (χ4v) is 12.6. The van der Waals surface area contributed by atoms with Crippen LogP contribution in [0.5, 0.6) is 0 Å². The van der Waals surface area contributed by atoms with Crippen LogP contribution in [0.3, 0.4) is 0 Å². The van der Waals surface area contributed by atoms with Gasteiger partial charge in [-0.2, -0.15) is 0 Å². The van der Waals surface area contributed by atoms with E-state index in [0.717, 1.165) is 16.8 Å². The molecule has 0 N–H and O–H groups in total. The van der Waals surface area contributed by atoms with Crippen LogP contribution in [0, 0.1) is 13.8 Å². The maximum absolute atomic E-state index is 6.25. The zero-order valence-corrected chi connectivity index (χ0v) is 23.2. The Hall–Kier alpha value is -3.70. The summed E-state index contributed by atoms with van der Waals surface area (Å²) < 4.78 is 11.9. The third-order valence-electron chi connectivity index (χ3n) is 6.73. The normalized spacial score (nSPS) is 12.8. The second kappa shape index (κ2) is 11.0. The summed E-state index contributed by atoms with van der Waals surface area (Å²) in [7, 11) is -1.68. The van der Waals surface area contributed by atoms with Crippen LogP contribution < -0.4 is 21.4 Å². The van der Waals surface area contributed by atoms with Crippen molar-refractivity contribution < 1.29 is 8.83 Å². The molecule has 0 aliphatic rings. The Balaban J connectivity index is 1.58. The van der Waals surface area contributed by atoms with Crippen molar-refractivity contribution in [3.63, 3.8) is 0 Å². The van der Waals surface area contributed by atoms with E-state index in [1.165, 1.54) is 38.2 Å². The summed E-state index contributed by atoms with van der Waals surface area (Å²) in [6, 6.07) is 43.4. The number of aryl methyl sites for hydroxylation is 2. The van der Waals surface area contributed by atoms with Crippen LogP contribution in [0.15, 0.2) is 143 Å². The molecule has 2 aromatic heterocycles. The van der Waals surface area contributed by atoms with Gasteiger partial charge in [0.05, 0.1) is 12.5 Å². The predicted octanol–water partition coefficient (Wildman–Crippen LogP) is 8.30. The van der Waals surface area contributed by atoms with Crippen molar-refractivity contribution in [1.29, 1.82) is 0 Å². The number of rotatable bonds is 7. The molecule has 1 unspecified atom stereocenters. The minimum atomic E-state index is -0.883. The van der Waals surface area contributed by atoms with E-state index in [4.69, 9.17) is 8.83 Å². The average molecular weight is 531 g/mol. The topological polar surface area (TPSA) is 26.3 Å². The Labute approximate surface area is 226 Å². The van der Waals surface area contributed by atoms with E-state index in [1.54, 1.807) is 6.26 Å². The van der Waals surface area contributed by atoms with Gasteiger partial charge in [0.15, 0.2) is 0 Å². The molecular formula is C34H28O2P2. The highest BCUT2D eigenvalue weighted by Crippen LogP contribution is 2.66. The smallest absolute Gasteiger partial charge is 0.134 e. The van der Waals surface area contributed by atoms with Crippen LogP contribution in [0.2, 0.25) is 0 Å². The summed E-state index contributed by atoms with van der Waals surface area (Å²) in [6.07, 6.45) is 3.54. The molecule has 2 atom stereocenters. The lowest BCUT2D eigenvalue weighted by Gasteiger charge is -2.30. The van der Waals surface area contributed by atoms with Crippen molar-refractivity contribution in [2.75, 3.05) is 0 Å². The highest BCUT2D eigenvalue weighted by atomic mass is 32.1. The van der Waals surface area contributed by atoms with Crippen molar-refractivity contribution >= 4 is 36.6 Å². The molecule has 0 saturated heterocycles. The standard InChI is InChI=1S/C34H28O2P2/c1-25-11-6-7-15-30(25)34-26(2)12-8-17-32(34)38(33-18-10-24-36-33)37(28-13-4-3-5-14-28)29-21-19-27(20-22-29)31-16-9-23-35-31/h3-24H,1-2H3/t37?,38-/m0/s1. The van der Waals surface area contributed by atoms with Gasteiger partial charge in [0, 0.05) is 13.2 Å². The molecule has 186 valence electrons. The second-order valence-corrected chi connectivity index (χ2v) is 14.8. The van der Waals surface area contributed by atoms with Gasteiger partial charge in [-0.3, -0.25) is 0 Å². The molecule has 0 amide bonds. The van der Waals surface area contributed by atoms with Crippen LogP contribution in [0.4, 0.5) is 0 Å². The fourth-order valence-electron chi connectivity index (χ4n) is 4.91. The average Bonchev–Trinajstić information content (AvgIpc) is 3.68. The minimum absolute atomic E-state index is 0.799. The van der Waals surface area contributed by atoms with Gasteiger partial charge in [-0.05, 0) is 83.9 Å². The molecule has 0 aliphatic carbocycles. The van der Waals surface area contributed by atoms with Gasteiger partial charge >= 0.3 is 0 Å². The lowest BCUT2D eigenvalue weighted by molar-refractivity contribution is 0.582. The molecule has 0 bridgehead atoms. The number of furan rings is 2. The Morgan fingerprint density at radius 2 is 1.18 bits per heavy atom. The summed E-state index contributed by atoms with van der Waals surface area (Å²) in [6.45, 7) is 4.43. The molecule has 4 heteroatoms. The Kier molecular flexibility index (Phi) is 7.10. The molecule has 0 fully saturated rings. The van der Waals surface area contributed by atoms with Gasteiger partial charge < -0.3 is 8.83 Å². The van der Waals surface area contributed by atoms with Crippen LogP contribution in [-0.2, 0) is 0 Å². The van der Waals surface area contributed by atoms with E-state index < -0.39 is 15.2 Å². The van der Waals surface area contributed by atoms with Crippen LogP contribution in [0.25, 0.3) is 22.5 Å². The van der Waals surface area contributed by atoms with Crippen LogP contribution in [-0.4, -0.2) is 0 Å². The lowest BCUT2D eigenvalue weighted by atomic mass is 9.97. The second-order valence-electron chi connectivity index (χ2n) is 9.22. The third-order valence-corrected chi connectivity index (χ3v) is 14.0. The van der Waals surface area contributed by atoms with Crippen molar-refractivity contribution in [3.05, 3.63) is 145 Å². The first-order valence-corrected chi connectivity index (χ1v) is 16.1. The first kappa shape index (κ1) is 24.6. The van der Waals surface area contributed by atoms with Gasteiger partial charge in [0.2, 0.25) is 0 Å². The SMILES string of the molecule is Cc1ccccc1-c1c(C)cccc1[P@@](c1ccco1)P(c1ccccc1)c1ccc(-c2ccco2)cc1. The molecule has 0 radical (unpaired) electrons. The van der Waals surface area contributed by atoms with Crippen LogP contribution in [0.1, 0.15) is 11.1 Å². The Bertz CT molecular complexity index is 1620. The van der Waals surface area contributed by atoms with Gasteiger partial charge in [0.1, 0.15) is 11.3 Å². The van der Waals surface area contributed by atoms with Crippen molar-refractivity contribution in [3.8, 4) is 22.5 Å². The summed E-state index contributed by atoms with van der Waals surface area (Å²) in [5, 5.41) is 4.02. The first-order valence-electron chi connectivity index (χ1n) is 12.7. The van der Waals surface area contributed by atoms with Gasteiger partial charge in [-0.25, -0.2) is 0 Å². The molecule has 2 nitrogen and oxygen atoms in total. The Morgan fingerprint density at radius 1 is 0.500 bits per heavy atom. The van der Waals surface area contributed by atoms with Crippen LogP contribution >= 0.6 is 15.2 Å². The largest absolute Gasteiger partial charge is 0.464 e. The van der Waals surface area contributed by atoms with E-state index in [0.29, 0.717) is 0 Å². The van der Waals surface area contributed by atoms with E-state index in [2.05, 4.69) is 117 Å². The maximum Gasteiger partial charge on any atom is 0.134 e. The Morgan fingerprint density at radius 3 is 1.89 bits per heavy atom. The monoisotopic (exact) mass is 530 g/mol.